The molecule has 2 aromatic carbocycles. The summed E-state index contributed by atoms with van der Waals surface area (Å²) in [5.41, 5.74) is 3.07. The molecule has 1 atom stereocenters. The van der Waals surface area contributed by atoms with Crippen molar-refractivity contribution in [1.29, 1.82) is 0 Å². The molecule has 2 saturated heterocycles. The normalized spacial score (nSPS) is 18.4. The zero-order valence-electron chi connectivity index (χ0n) is 21.9. The van der Waals surface area contributed by atoms with Gasteiger partial charge in [-0.15, -0.1) is 0 Å². The molecule has 10 nitrogen and oxygen atoms in total. The van der Waals surface area contributed by atoms with E-state index >= 15 is 0 Å². The Balaban J connectivity index is 1.12. The molecule has 4 heterocycles. The molecule has 1 N–H and O–H groups in total. The number of aromatic nitrogens is 3. The summed E-state index contributed by atoms with van der Waals surface area (Å²) in [5, 5.41) is 11.9. The Morgan fingerprint density at radius 1 is 1.15 bits per heavy atom. The van der Waals surface area contributed by atoms with Crippen molar-refractivity contribution in [3.63, 3.8) is 0 Å². The van der Waals surface area contributed by atoms with Crippen LogP contribution in [0, 0.1) is 5.82 Å². The smallest absolute Gasteiger partial charge is 0.253 e. The molecule has 4 aromatic rings. The topological polar surface area (TPSA) is 106 Å². The number of carbonyl (C=O) groups is 1. The highest BCUT2D eigenvalue weighted by Gasteiger charge is 2.36. The number of nitrogens with zero attached hydrogens (tertiary/aromatic N) is 4. The number of hydrogen-bond acceptors (Lipinski definition) is 8. The second-order valence-corrected chi connectivity index (χ2v) is 9.94. The van der Waals surface area contributed by atoms with Crippen LogP contribution in [0.4, 0.5) is 4.39 Å². The first kappa shape index (κ1) is 25.5. The number of H-pyrrole nitrogens is 1. The quantitative estimate of drug-likeness (QED) is 0.341. The minimum absolute atomic E-state index is 0.0236. The number of amides is 1. The maximum absolute atomic E-state index is 14.6. The summed E-state index contributed by atoms with van der Waals surface area (Å²) in [6.45, 7) is 6.72. The lowest BCUT2D eigenvalue weighted by Crippen LogP contribution is -2.63. The zero-order valence-corrected chi connectivity index (χ0v) is 21.9. The van der Waals surface area contributed by atoms with Gasteiger partial charge < -0.3 is 23.6 Å². The predicted molar refractivity (Wildman–Crippen MR) is 141 cm³/mol. The van der Waals surface area contributed by atoms with Crippen molar-refractivity contribution in [2.45, 2.75) is 19.1 Å². The highest BCUT2D eigenvalue weighted by atomic mass is 19.1. The Hall–Kier alpha value is -3.80. The molecule has 0 saturated carbocycles. The van der Waals surface area contributed by atoms with E-state index in [0.29, 0.717) is 46.3 Å². The first-order valence-corrected chi connectivity index (χ1v) is 13.0. The maximum Gasteiger partial charge on any atom is 0.253 e. The zero-order chi connectivity index (χ0) is 26.9. The highest BCUT2D eigenvalue weighted by molar-refractivity contribution is 5.95. The second-order valence-electron chi connectivity index (χ2n) is 9.94. The number of nitrogens with one attached hydrogen (secondary N) is 1. The van der Waals surface area contributed by atoms with Crippen LogP contribution in [0.25, 0.3) is 33.6 Å². The Labute approximate surface area is 224 Å². The first-order valence-electron chi connectivity index (χ1n) is 13.0. The van der Waals surface area contributed by atoms with E-state index in [9.17, 15) is 9.18 Å². The monoisotopic (exact) mass is 535 g/mol. The fraction of sp³-hybridized carbons (Fsp3) is 0.393. The second kappa shape index (κ2) is 10.8. The molecular weight excluding hydrogens is 505 g/mol. The van der Waals surface area contributed by atoms with E-state index in [1.807, 2.05) is 17.0 Å². The summed E-state index contributed by atoms with van der Waals surface area (Å²) in [5.74, 6) is 0.0322. The third kappa shape index (κ3) is 5.12. The van der Waals surface area contributed by atoms with E-state index in [-0.39, 0.29) is 24.4 Å². The number of methoxy groups -OCH3 is 1. The maximum atomic E-state index is 14.6. The number of fused-ring (bicyclic) bond motifs is 1. The molecule has 1 amide bonds. The van der Waals surface area contributed by atoms with Crippen LogP contribution in [0.5, 0.6) is 5.75 Å². The molecular formula is C28H30FN5O5. The Bertz CT molecular complexity index is 1460. The van der Waals surface area contributed by atoms with E-state index < -0.39 is 5.82 Å². The first-order chi connectivity index (χ1) is 19.0. The number of hydrogen-bond donors (Lipinski definition) is 1. The SMILES string of the molecule is COCCOc1cc2[nH]nc(-c3cc(-c4ccc(C(=O)N5CC(N6CCO[C@H](C)C6)C5)cc4)no3)c2cc1F. The van der Waals surface area contributed by atoms with Gasteiger partial charge >= 0.3 is 0 Å². The molecule has 204 valence electrons. The van der Waals surface area contributed by atoms with Gasteiger partial charge in [-0.1, -0.05) is 17.3 Å². The van der Waals surface area contributed by atoms with Crippen molar-refractivity contribution in [1.82, 2.24) is 25.2 Å². The molecule has 0 bridgehead atoms. The van der Waals surface area contributed by atoms with Gasteiger partial charge in [0, 0.05) is 68.0 Å². The molecule has 0 spiro atoms. The third-order valence-electron chi connectivity index (χ3n) is 7.27. The summed E-state index contributed by atoms with van der Waals surface area (Å²) in [6.07, 6.45) is 0.236. The van der Waals surface area contributed by atoms with Gasteiger partial charge in [0.25, 0.3) is 5.91 Å². The van der Waals surface area contributed by atoms with Crippen LogP contribution < -0.4 is 4.74 Å². The van der Waals surface area contributed by atoms with Gasteiger partial charge in [0.05, 0.1) is 24.8 Å². The molecule has 0 radical (unpaired) electrons. The van der Waals surface area contributed by atoms with E-state index in [0.717, 1.165) is 38.3 Å². The average Bonchev–Trinajstić information content (AvgIpc) is 3.55. The van der Waals surface area contributed by atoms with Crippen molar-refractivity contribution in [3.8, 4) is 28.5 Å². The Morgan fingerprint density at radius 2 is 1.97 bits per heavy atom. The minimum atomic E-state index is -0.505. The van der Waals surface area contributed by atoms with Crippen molar-refractivity contribution < 1.29 is 27.9 Å². The van der Waals surface area contributed by atoms with Crippen LogP contribution in [-0.4, -0.2) is 96.3 Å². The summed E-state index contributed by atoms with van der Waals surface area (Å²) in [4.78, 5) is 17.3. The van der Waals surface area contributed by atoms with Crippen molar-refractivity contribution >= 4 is 16.8 Å². The molecule has 2 fully saturated rings. The number of rotatable bonds is 8. The van der Waals surface area contributed by atoms with Crippen LogP contribution in [0.15, 0.2) is 47.0 Å². The molecule has 2 aromatic heterocycles. The minimum Gasteiger partial charge on any atom is -0.488 e. The number of likely N-dealkylation sites (tertiary alicyclic amines) is 1. The van der Waals surface area contributed by atoms with Crippen molar-refractivity contribution in [3.05, 3.63) is 53.8 Å². The van der Waals surface area contributed by atoms with Crippen LogP contribution in [0.3, 0.4) is 0 Å². The van der Waals surface area contributed by atoms with Crippen LogP contribution >= 0.6 is 0 Å². The standard InChI is InChI=1S/C28H30FN5O5/c1-17-14-33(7-8-37-17)20-15-34(16-20)28(35)19-5-3-18(4-6-19)23-12-26(39-32-23)27-21-11-22(29)25(38-10-9-36-2)13-24(21)30-31-27/h3-6,11-13,17,20H,7-10,14-16H2,1-2H3,(H,30,31)/t17-/m1/s1. The van der Waals surface area contributed by atoms with Gasteiger partial charge in [0.15, 0.2) is 17.3 Å². The van der Waals surface area contributed by atoms with Gasteiger partial charge in [-0.3, -0.25) is 14.8 Å². The van der Waals surface area contributed by atoms with Crippen LogP contribution in [0.1, 0.15) is 17.3 Å². The molecule has 0 aliphatic carbocycles. The molecule has 39 heavy (non-hydrogen) atoms. The van der Waals surface area contributed by atoms with Gasteiger partial charge in [-0.2, -0.15) is 5.10 Å². The lowest BCUT2D eigenvalue weighted by molar-refractivity contribution is -0.0596. The number of ether oxygens (including phenoxy) is 3. The average molecular weight is 536 g/mol. The number of morpholine rings is 1. The number of benzene rings is 2. The van der Waals surface area contributed by atoms with Gasteiger partial charge in [-0.05, 0) is 25.1 Å². The molecule has 6 rings (SSSR count). The fourth-order valence-corrected chi connectivity index (χ4v) is 5.07. The molecule has 11 heteroatoms. The van der Waals surface area contributed by atoms with E-state index in [4.69, 9.17) is 18.7 Å². The largest absolute Gasteiger partial charge is 0.488 e. The van der Waals surface area contributed by atoms with Gasteiger partial charge in [-0.25, -0.2) is 4.39 Å². The van der Waals surface area contributed by atoms with Crippen molar-refractivity contribution in [2.75, 3.05) is 53.1 Å². The Kier molecular flexibility index (Phi) is 7.03. The molecule has 2 aliphatic heterocycles. The van der Waals surface area contributed by atoms with E-state index in [1.54, 1.807) is 31.4 Å². The summed E-state index contributed by atoms with van der Waals surface area (Å²) in [6, 6.07) is 12.4. The van der Waals surface area contributed by atoms with Crippen LogP contribution in [-0.2, 0) is 9.47 Å². The third-order valence-corrected chi connectivity index (χ3v) is 7.27. The lowest BCUT2D eigenvalue weighted by atomic mass is 10.0. The number of halogens is 1. The molecule has 0 unspecified atom stereocenters. The summed E-state index contributed by atoms with van der Waals surface area (Å²) >= 11 is 0. The van der Waals surface area contributed by atoms with Crippen LogP contribution in [0.2, 0.25) is 0 Å². The lowest BCUT2D eigenvalue weighted by Gasteiger charge is -2.47. The predicted octanol–water partition coefficient (Wildman–Crippen LogP) is 3.59. The van der Waals surface area contributed by atoms with E-state index in [1.165, 1.54) is 6.07 Å². The number of carbonyl (C=O) groups excluding carboxylic acids is 1. The Morgan fingerprint density at radius 3 is 2.74 bits per heavy atom. The van der Waals surface area contributed by atoms with Crippen molar-refractivity contribution in [2.24, 2.45) is 0 Å². The number of aromatic amines is 1. The highest BCUT2D eigenvalue weighted by Crippen LogP contribution is 2.33. The summed E-state index contributed by atoms with van der Waals surface area (Å²) in [7, 11) is 1.55. The van der Waals surface area contributed by atoms with E-state index in [2.05, 4.69) is 27.2 Å². The summed E-state index contributed by atoms with van der Waals surface area (Å²) < 4.78 is 36.2. The molecule has 2 aliphatic rings. The fourth-order valence-electron chi connectivity index (χ4n) is 5.07. The van der Waals surface area contributed by atoms with Gasteiger partial charge in [0.1, 0.15) is 18.0 Å². The van der Waals surface area contributed by atoms with Gasteiger partial charge in [0.2, 0.25) is 0 Å².